The monoisotopic (exact) mass is 331 g/mol. The van der Waals surface area contributed by atoms with Crippen molar-refractivity contribution >= 4 is 17.0 Å². The van der Waals surface area contributed by atoms with Crippen LogP contribution >= 0.6 is 0 Å². The number of aromatic nitrogens is 2. The fourth-order valence-electron chi connectivity index (χ4n) is 2.89. The molecule has 0 saturated carbocycles. The van der Waals surface area contributed by atoms with E-state index >= 15 is 0 Å². The molecule has 0 bridgehead atoms. The minimum absolute atomic E-state index is 0.264. The van der Waals surface area contributed by atoms with Gasteiger partial charge in [-0.2, -0.15) is 0 Å². The predicted molar refractivity (Wildman–Crippen MR) is 89.1 cm³/mol. The molecule has 1 atom stereocenters. The Balaban J connectivity index is 1.63. The van der Waals surface area contributed by atoms with Crippen LogP contribution in [0.5, 0.6) is 0 Å². The van der Waals surface area contributed by atoms with Crippen LogP contribution in [0.25, 0.3) is 10.9 Å². The van der Waals surface area contributed by atoms with Gasteiger partial charge in [0.2, 0.25) is 0 Å². The number of nitrogens with zero attached hydrogens (tertiary/aromatic N) is 3. The maximum Gasteiger partial charge on any atom is 0.410 e. The van der Waals surface area contributed by atoms with Crippen LogP contribution in [0.15, 0.2) is 24.4 Å². The first-order valence-corrected chi connectivity index (χ1v) is 8.19. The van der Waals surface area contributed by atoms with Crippen molar-refractivity contribution in [2.24, 2.45) is 5.92 Å². The van der Waals surface area contributed by atoms with Gasteiger partial charge in [0.15, 0.2) is 0 Å². The number of amides is 1. The second-order valence-corrected chi connectivity index (χ2v) is 7.27. The molecule has 1 saturated heterocycles. The Morgan fingerprint density at radius 3 is 2.96 bits per heavy atom. The van der Waals surface area contributed by atoms with Gasteiger partial charge in [0.25, 0.3) is 0 Å². The summed E-state index contributed by atoms with van der Waals surface area (Å²) in [5.41, 5.74) is 0.259. The fourth-order valence-corrected chi connectivity index (χ4v) is 2.89. The summed E-state index contributed by atoms with van der Waals surface area (Å²) >= 11 is 0. The number of fused-ring (bicyclic) bond motifs is 1. The van der Waals surface area contributed by atoms with Gasteiger partial charge in [-0.05, 0) is 51.3 Å². The lowest BCUT2D eigenvalue weighted by Gasteiger charge is -2.24. The molecule has 0 unspecified atom stereocenters. The standard InChI is InChI=1S/C18H22FN3O2/c1-18(2,3)24-17(23)22-7-6-12(11-22)8-16-20-10-13-9-14(19)4-5-15(13)21-16/h4-5,9-10,12H,6-8,11H2,1-3H3/t12-/m0/s1. The van der Waals surface area contributed by atoms with Crippen molar-refractivity contribution in [3.63, 3.8) is 0 Å². The quantitative estimate of drug-likeness (QED) is 0.844. The molecule has 24 heavy (non-hydrogen) atoms. The second-order valence-electron chi connectivity index (χ2n) is 7.27. The molecule has 0 aliphatic carbocycles. The average molecular weight is 331 g/mol. The summed E-state index contributed by atoms with van der Waals surface area (Å²) in [5.74, 6) is 0.753. The van der Waals surface area contributed by atoms with Gasteiger partial charge < -0.3 is 9.64 Å². The highest BCUT2D eigenvalue weighted by Crippen LogP contribution is 2.22. The number of hydrogen-bond acceptors (Lipinski definition) is 4. The third-order valence-corrected chi connectivity index (χ3v) is 4.00. The molecule has 2 aromatic rings. The zero-order valence-electron chi connectivity index (χ0n) is 14.3. The van der Waals surface area contributed by atoms with Gasteiger partial charge in [0, 0.05) is 31.1 Å². The van der Waals surface area contributed by atoms with Crippen LogP contribution in [0.4, 0.5) is 9.18 Å². The molecule has 2 heterocycles. The number of carbonyl (C=O) groups excluding carboxylic acids is 1. The third-order valence-electron chi connectivity index (χ3n) is 4.00. The maximum atomic E-state index is 13.2. The van der Waals surface area contributed by atoms with Gasteiger partial charge in [-0.25, -0.2) is 19.2 Å². The van der Waals surface area contributed by atoms with Gasteiger partial charge in [-0.3, -0.25) is 0 Å². The van der Waals surface area contributed by atoms with Crippen LogP contribution in [0.2, 0.25) is 0 Å². The SMILES string of the molecule is CC(C)(C)OC(=O)N1CC[C@@H](Cc2ncc3cc(F)ccc3n2)C1. The largest absolute Gasteiger partial charge is 0.444 e. The van der Waals surface area contributed by atoms with Crippen molar-refractivity contribution in [2.75, 3.05) is 13.1 Å². The fraction of sp³-hybridized carbons (Fsp3) is 0.500. The Morgan fingerprint density at radius 2 is 2.21 bits per heavy atom. The Bertz CT molecular complexity index is 758. The van der Waals surface area contributed by atoms with E-state index < -0.39 is 5.60 Å². The van der Waals surface area contributed by atoms with Crippen LogP contribution in [-0.2, 0) is 11.2 Å². The first-order valence-electron chi connectivity index (χ1n) is 8.19. The highest BCUT2D eigenvalue weighted by atomic mass is 19.1. The molecular formula is C18H22FN3O2. The topological polar surface area (TPSA) is 55.3 Å². The number of hydrogen-bond donors (Lipinski definition) is 0. The molecule has 5 nitrogen and oxygen atoms in total. The summed E-state index contributed by atoms with van der Waals surface area (Å²) < 4.78 is 18.6. The van der Waals surface area contributed by atoms with Crippen molar-refractivity contribution in [3.8, 4) is 0 Å². The lowest BCUT2D eigenvalue weighted by molar-refractivity contribution is 0.0288. The Kier molecular flexibility index (Phi) is 4.39. The zero-order chi connectivity index (χ0) is 17.3. The van der Waals surface area contributed by atoms with E-state index in [1.807, 2.05) is 20.8 Å². The highest BCUT2D eigenvalue weighted by molar-refractivity contribution is 5.77. The molecule has 3 rings (SSSR count). The van der Waals surface area contributed by atoms with Crippen LogP contribution in [0.1, 0.15) is 33.0 Å². The van der Waals surface area contributed by atoms with Crippen LogP contribution in [0.3, 0.4) is 0 Å². The van der Waals surface area contributed by atoms with Crippen LogP contribution < -0.4 is 0 Å². The zero-order valence-corrected chi connectivity index (χ0v) is 14.3. The Hall–Kier alpha value is -2.24. The highest BCUT2D eigenvalue weighted by Gasteiger charge is 2.30. The summed E-state index contributed by atoms with van der Waals surface area (Å²) in [6, 6.07) is 4.50. The maximum absolute atomic E-state index is 13.2. The molecule has 0 radical (unpaired) electrons. The normalized spacial score (nSPS) is 18.2. The number of carbonyl (C=O) groups is 1. The number of ether oxygens (including phenoxy) is 1. The second kappa shape index (κ2) is 6.34. The molecule has 1 aromatic carbocycles. The first-order chi connectivity index (χ1) is 11.3. The van der Waals surface area contributed by atoms with E-state index in [0.29, 0.717) is 30.8 Å². The van der Waals surface area contributed by atoms with E-state index in [-0.39, 0.29) is 11.9 Å². The summed E-state index contributed by atoms with van der Waals surface area (Å²) in [4.78, 5) is 22.7. The van der Waals surface area contributed by atoms with Crippen molar-refractivity contribution < 1.29 is 13.9 Å². The molecule has 0 spiro atoms. The minimum atomic E-state index is -0.480. The molecule has 1 aromatic heterocycles. The molecule has 128 valence electrons. The lowest BCUT2D eigenvalue weighted by Crippen LogP contribution is -2.35. The van der Waals surface area contributed by atoms with Crippen LogP contribution in [-0.4, -0.2) is 39.7 Å². The summed E-state index contributed by atoms with van der Waals surface area (Å²) in [5, 5.41) is 0.695. The third kappa shape index (κ3) is 3.99. The van der Waals surface area contributed by atoms with E-state index in [0.717, 1.165) is 17.8 Å². The van der Waals surface area contributed by atoms with Crippen molar-refractivity contribution in [3.05, 3.63) is 36.0 Å². The van der Waals surface area contributed by atoms with Gasteiger partial charge in [-0.1, -0.05) is 0 Å². The van der Waals surface area contributed by atoms with Crippen molar-refractivity contribution in [1.29, 1.82) is 0 Å². The molecule has 1 aliphatic heterocycles. The van der Waals surface area contributed by atoms with Crippen LogP contribution in [0, 0.1) is 11.7 Å². The molecule has 1 fully saturated rings. The van der Waals surface area contributed by atoms with Gasteiger partial charge in [-0.15, -0.1) is 0 Å². The van der Waals surface area contributed by atoms with Crippen molar-refractivity contribution in [2.45, 2.75) is 39.2 Å². The minimum Gasteiger partial charge on any atom is -0.444 e. The summed E-state index contributed by atoms with van der Waals surface area (Å²) in [6.07, 6.45) is 3.00. The first kappa shape index (κ1) is 16.6. The molecule has 0 N–H and O–H groups in total. The number of benzene rings is 1. The summed E-state index contributed by atoms with van der Waals surface area (Å²) in [6.45, 7) is 6.94. The smallest absolute Gasteiger partial charge is 0.410 e. The Morgan fingerprint density at radius 1 is 1.42 bits per heavy atom. The summed E-state index contributed by atoms with van der Waals surface area (Å²) in [7, 11) is 0. The van der Waals surface area contributed by atoms with Gasteiger partial charge >= 0.3 is 6.09 Å². The Labute approximate surface area is 140 Å². The number of rotatable bonds is 2. The molecule has 6 heteroatoms. The van der Waals surface area contributed by atoms with E-state index in [9.17, 15) is 9.18 Å². The predicted octanol–water partition coefficient (Wildman–Crippen LogP) is 3.57. The number of halogens is 1. The average Bonchev–Trinajstić information content (AvgIpc) is 2.94. The van der Waals surface area contributed by atoms with E-state index in [1.165, 1.54) is 12.1 Å². The molecule has 1 aliphatic rings. The van der Waals surface area contributed by atoms with Crippen molar-refractivity contribution in [1.82, 2.24) is 14.9 Å². The van der Waals surface area contributed by atoms with E-state index in [2.05, 4.69) is 9.97 Å². The van der Waals surface area contributed by atoms with E-state index in [1.54, 1.807) is 17.2 Å². The number of likely N-dealkylation sites (tertiary alicyclic amines) is 1. The molecular weight excluding hydrogens is 309 g/mol. The lowest BCUT2D eigenvalue weighted by atomic mass is 10.0. The van der Waals surface area contributed by atoms with E-state index in [4.69, 9.17) is 4.74 Å². The molecule has 1 amide bonds. The van der Waals surface area contributed by atoms with Gasteiger partial charge in [0.05, 0.1) is 5.52 Å². The van der Waals surface area contributed by atoms with Gasteiger partial charge in [0.1, 0.15) is 17.2 Å².